The number of hydrogen-bond donors (Lipinski definition) is 1. The van der Waals surface area contributed by atoms with E-state index in [1.807, 2.05) is 75.5 Å². The fraction of sp³-hybridized carbons (Fsp3) is 0.320. The van der Waals surface area contributed by atoms with E-state index >= 15 is 0 Å². The fourth-order valence-electron chi connectivity index (χ4n) is 4.28. The lowest BCUT2D eigenvalue weighted by molar-refractivity contribution is -0.150. The molecule has 2 atom stereocenters. The van der Waals surface area contributed by atoms with Crippen LogP contribution < -0.4 is 4.90 Å². The molecule has 3 aromatic rings. The minimum absolute atomic E-state index is 0.116. The van der Waals surface area contributed by atoms with Gasteiger partial charge in [0.05, 0.1) is 16.8 Å². The summed E-state index contributed by atoms with van der Waals surface area (Å²) >= 11 is 0. The number of aromatic nitrogens is 2. The summed E-state index contributed by atoms with van der Waals surface area (Å²) in [6.07, 6.45) is 2.28. The maximum Gasteiger partial charge on any atom is 0.310 e. The van der Waals surface area contributed by atoms with Crippen LogP contribution in [0.3, 0.4) is 0 Å². The summed E-state index contributed by atoms with van der Waals surface area (Å²) in [5.74, 6) is -1.17. The summed E-state index contributed by atoms with van der Waals surface area (Å²) in [4.78, 5) is 27.5. The van der Waals surface area contributed by atoms with Crippen LogP contribution in [-0.4, -0.2) is 33.3 Å². The van der Waals surface area contributed by atoms with Crippen LogP contribution in [0.4, 0.5) is 5.69 Å². The predicted octanol–water partition coefficient (Wildman–Crippen LogP) is 4.42. The van der Waals surface area contributed by atoms with Crippen molar-refractivity contribution in [1.29, 1.82) is 0 Å². The highest BCUT2D eigenvalue weighted by molar-refractivity contribution is 6.07. The zero-order valence-corrected chi connectivity index (χ0v) is 18.3. The molecule has 0 spiro atoms. The molecule has 6 heteroatoms. The van der Waals surface area contributed by atoms with Crippen molar-refractivity contribution in [3.8, 4) is 5.69 Å². The average molecular weight is 418 g/mol. The molecule has 0 aliphatic carbocycles. The first-order valence-electron chi connectivity index (χ1n) is 10.5. The predicted molar refractivity (Wildman–Crippen MR) is 120 cm³/mol. The molecule has 4 rings (SSSR count). The highest BCUT2D eigenvalue weighted by Crippen LogP contribution is 2.40. The number of rotatable bonds is 3. The number of fused-ring (bicyclic) bond motifs is 1. The SMILES string of the molecule is Cc1ccn(-c2ccc(C(=O)N3C[C@@H](C)C(C)(C(=O)O)Cc4ccccc43)c(C)c2)n1. The van der Waals surface area contributed by atoms with Gasteiger partial charge in [0.15, 0.2) is 0 Å². The molecule has 31 heavy (non-hydrogen) atoms. The molecular formula is C25H27N3O3. The van der Waals surface area contributed by atoms with E-state index in [-0.39, 0.29) is 11.8 Å². The van der Waals surface area contributed by atoms with Crippen LogP contribution in [0.25, 0.3) is 5.69 Å². The zero-order valence-electron chi connectivity index (χ0n) is 18.3. The van der Waals surface area contributed by atoms with Gasteiger partial charge in [0.1, 0.15) is 0 Å². The van der Waals surface area contributed by atoms with E-state index in [2.05, 4.69) is 5.10 Å². The Morgan fingerprint density at radius 1 is 1.13 bits per heavy atom. The smallest absolute Gasteiger partial charge is 0.310 e. The van der Waals surface area contributed by atoms with Crippen molar-refractivity contribution >= 4 is 17.6 Å². The Labute approximate surface area is 182 Å². The van der Waals surface area contributed by atoms with Gasteiger partial charge in [-0.1, -0.05) is 25.1 Å². The van der Waals surface area contributed by atoms with Crippen LogP contribution in [0.1, 0.15) is 41.0 Å². The van der Waals surface area contributed by atoms with Gasteiger partial charge in [0, 0.05) is 24.0 Å². The van der Waals surface area contributed by atoms with Gasteiger partial charge in [0.2, 0.25) is 0 Å². The molecule has 2 heterocycles. The standard InChI is InChI=1S/C25H27N3O3/c1-16-13-20(28-12-11-18(3)26-28)9-10-21(16)23(29)27-15-17(2)25(4,24(30)31)14-19-7-5-6-8-22(19)27/h5-13,17H,14-15H2,1-4H3,(H,30,31)/t17-,25?/m1/s1. The average Bonchev–Trinajstić information content (AvgIpc) is 3.13. The molecule has 160 valence electrons. The van der Waals surface area contributed by atoms with Gasteiger partial charge in [0.25, 0.3) is 5.91 Å². The molecular weight excluding hydrogens is 390 g/mol. The summed E-state index contributed by atoms with van der Waals surface area (Å²) in [5, 5.41) is 14.4. The first kappa shape index (κ1) is 20.8. The molecule has 0 saturated carbocycles. The third-order valence-electron chi connectivity index (χ3n) is 6.55. The zero-order chi connectivity index (χ0) is 22.3. The van der Waals surface area contributed by atoms with E-state index in [0.29, 0.717) is 18.5 Å². The lowest BCUT2D eigenvalue weighted by atomic mass is 9.74. The van der Waals surface area contributed by atoms with Gasteiger partial charge in [-0.15, -0.1) is 0 Å². The molecule has 1 aromatic heterocycles. The quantitative estimate of drug-likeness (QED) is 0.685. The third kappa shape index (κ3) is 3.63. The largest absolute Gasteiger partial charge is 0.481 e. The minimum atomic E-state index is -0.942. The second-order valence-corrected chi connectivity index (χ2v) is 8.75. The van der Waals surface area contributed by atoms with E-state index in [0.717, 1.165) is 28.2 Å². The Hall–Kier alpha value is -3.41. The number of carboxylic acid groups (broad SMARTS) is 1. The molecule has 0 bridgehead atoms. The number of carbonyl (C=O) groups excluding carboxylic acids is 1. The summed E-state index contributed by atoms with van der Waals surface area (Å²) in [6, 6.07) is 15.2. The van der Waals surface area contributed by atoms with Crippen LogP contribution >= 0.6 is 0 Å². The molecule has 1 N–H and O–H groups in total. The van der Waals surface area contributed by atoms with Crippen LogP contribution in [0.15, 0.2) is 54.7 Å². The lowest BCUT2D eigenvalue weighted by Gasteiger charge is -2.31. The van der Waals surface area contributed by atoms with Crippen molar-refractivity contribution in [2.45, 2.75) is 34.1 Å². The van der Waals surface area contributed by atoms with E-state index in [1.54, 1.807) is 16.5 Å². The lowest BCUT2D eigenvalue weighted by Crippen LogP contribution is -2.42. The maximum absolute atomic E-state index is 13.7. The summed E-state index contributed by atoms with van der Waals surface area (Å²) in [6.45, 7) is 7.89. The van der Waals surface area contributed by atoms with Crippen molar-refractivity contribution in [2.24, 2.45) is 11.3 Å². The van der Waals surface area contributed by atoms with Gasteiger partial charge in [-0.05, 0) is 74.6 Å². The van der Waals surface area contributed by atoms with Crippen molar-refractivity contribution in [2.75, 3.05) is 11.4 Å². The van der Waals surface area contributed by atoms with Crippen molar-refractivity contribution in [1.82, 2.24) is 9.78 Å². The molecule has 0 saturated heterocycles. The number of carboxylic acids is 1. The number of anilines is 1. The second-order valence-electron chi connectivity index (χ2n) is 8.75. The normalized spacial score (nSPS) is 20.8. The number of aliphatic carboxylic acids is 1. The fourth-order valence-corrected chi connectivity index (χ4v) is 4.28. The van der Waals surface area contributed by atoms with Gasteiger partial charge >= 0.3 is 5.97 Å². The highest BCUT2D eigenvalue weighted by atomic mass is 16.4. The number of para-hydroxylation sites is 1. The van der Waals surface area contributed by atoms with Crippen LogP contribution in [0, 0.1) is 25.2 Å². The van der Waals surface area contributed by atoms with E-state index < -0.39 is 11.4 Å². The molecule has 6 nitrogen and oxygen atoms in total. The Balaban J connectivity index is 1.73. The van der Waals surface area contributed by atoms with Gasteiger partial charge in [-0.3, -0.25) is 9.59 Å². The Morgan fingerprint density at radius 3 is 2.52 bits per heavy atom. The Morgan fingerprint density at radius 2 is 1.87 bits per heavy atom. The molecule has 0 fully saturated rings. The summed E-state index contributed by atoms with van der Waals surface area (Å²) in [7, 11) is 0. The maximum atomic E-state index is 13.7. The van der Waals surface area contributed by atoms with E-state index in [4.69, 9.17) is 0 Å². The van der Waals surface area contributed by atoms with Crippen molar-refractivity contribution in [3.63, 3.8) is 0 Å². The van der Waals surface area contributed by atoms with E-state index in [9.17, 15) is 14.7 Å². The van der Waals surface area contributed by atoms with Crippen molar-refractivity contribution < 1.29 is 14.7 Å². The van der Waals surface area contributed by atoms with Gasteiger partial charge in [-0.2, -0.15) is 5.10 Å². The monoisotopic (exact) mass is 417 g/mol. The highest BCUT2D eigenvalue weighted by Gasteiger charge is 2.43. The number of benzene rings is 2. The first-order valence-corrected chi connectivity index (χ1v) is 10.5. The topological polar surface area (TPSA) is 75.4 Å². The summed E-state index contributed by atoms with van der Waals surface area (Å²) in [5.41, 5.74) is 4.00. The van der Waals surface area contributed by atoms with Crippen LogP contribution in [0.5, 0.6) is 0 Å². The third-order valence-corrected chi connectivity index (χ3v) is 6.55. The minimum Gasteiger partial charge on any atom is -0.481 e. The van der Waals surface area contributed by atoms with Gasteiger partial charge in [-0.25, -0.2) is 4.68 Å². The Kier molecular flexibility index (Phi) is 5.17. The Bertz CT molecular complexity index is 1170. The number of carbonyl (C=O) groups is 2. The van der Waals surface area contributed by atoms with Crippen molar-refractivity contribution in [3.05, 3.63) is 77.1 Å². The molecule has 1 unspecified atom stereocenters. The van der Waals surface area contributed by atoms with Crippen LogP contribution in [0.2, 0.25) is 0 Å². The number of aryl methyl sites for hydroxylation is 2. The molecule has 2 aromatic carbocycles. The van der Waals surface area contributed by atoms with Gasteiger partial charge < -0.3 is 10.0 Å². The number of amides is 1. The summed E-state index contributed by atoms with van der Waals surface area (Å²) < 4.78 is 1.79. The first-order chi connectivity index (χ1) is 14.7. The number of nitrogens with zero attached hydrogens (tertiary/aromatic N) is 3. The molecule has 0 radical (unpaired) electrons. The van der Waals surface area contributed by atoms with E-state index in [1.165, 1.54) is 0 Å². The number of hydrogen-bond acceptors (Lipinski definition) is 3. The molecule has 1 aliphatic rings. The second kappa shape index (κ2) is 7.69. The van der Waals surface area contributed by atoms with Crippen LogP contribution in [-0.2, 0) is 11.2 Å². The molecule has 1 aliphatic heterocycles. The molecule has 1 amide bonds.